The topological polar surface area (TPSA) is 89.8 Å². The fourth-order valence-electron chi connectivity index (χ4n) is 4.04. The number of pyridine rings is 1. The van der Waals surface area contributed by atoms with E-state index in [0.29, 0.717) is 38.1 Å². The Morgan fingerprint density at radius 3 is 2.13 bits per heavy atom. The quantitative estimate of drug-likeness (QED) is 0.0958. The molecule has 0 spiro atoms. The number of ether oxygens (including phenoxy) is 1. The number of fused-ring (bicyclic) bond motifs is 2. The number of benzene rings is 4. The zero-order valence-corrected chi connectivity index (χ0v) is 21.2. The van der Waals surface area contributed by atoms with Gasteiger partial charge in [-0.15, -0.1) is 0 Å². The summed E-state index contributed by atoms with van der Waals surface area (Å²) in [5, 5.41) is 5.74. The Balaban J connectivity index is 1.26. The highest BCUT2D eigenvalue weighted by molar-refractivity contribution is 6.36. The number of esters is 1. The molecule has 1 N–H and O–H groups in total. The first kappa shape index (κ1) is 25.2. The first-order chi connectivity index (χ1) is 18.4. The van der Waals surface area contributed by atoms with Gasteiger partial charge < -0.3 is 9.30 Å². The summed E-state index contributed by atoms with van der Waals surface area (Å²) in [7, 11) is 0. The number of hydrazone groups is 1. The number of nitrogens with zero attached hydrogens (tertiary/aromatic N) is 2. The molecule has 0 aliphatic rings. The van der Waals surface area contributed by atoms with Crippen molar-refractivity contribution in [3.8, 4) is 5.75 Å². The molecule has 5 aromatic rings. The molecule has 1 aromatic heterocycles. The van der Waals surface area contributed by atoms with Crippen LogP contribution < -0.4 is 15.6 Å². The molecule has 9 heteroatoms. The van der Waals surface area contributed by atoms with E-state index in [2.05, 4.69) is 10.5 Å². The molecule has 188 valence electrons. The van der Waals surface area contributed by atoms with Gasteiger partial charge in [-0.3, -0.25) is 9.59 Å². The molecule has 1 amide bonds. The lowest BCUT2D eigenvalue weighted by Crippen LogP contribution is -2.25. The molecule has 0 aliphatic carbocycles. The van der Waals surface area contributed by atoms with Crippen LogP contribution in [0, 0.1) is 0 Å². The van der Waals surface area contributed by atoms with Crippen molar-refractivity contribution in [1.29, 1.82) is 0 Å². The zero-order chi connectivity index (χ0) is 26.6. The second-order valence-corrected chi connectivity index (χ2v) is 9.17. The maximum atomic E-state index is 12.9. The molecule has 0 saturated carbocycles. The molecule has 0 unspecified atom stereocenters. The molecule has 0 saturated heterocycles. The van der Waals surface area contributed by atoms with E-state index in [1.807, 2.05) is 24.3 Å². The summed E-state index contributed by atoms with van der Waals surface area (Å²) in [5.41, 5.74) is 4.66. The van der Waals surface area contributed by atoms with Gasteiger partial charge in [0.2, 0.25) is 0 Å². The third-order valence-electron chi connectivity index (χ3n) is 5.83. The maximum Gasteiger partial charge on any atom is 0.345 e. The van der Waals surface area contributed by atoms with Crippen molar-refractivity contribution < 1.29 is 14.3 Å². The first-order valence-electron chi connectivity index (χ1n) is 11.5. The van der Waals surface area contributed by atoms with E-state index in [0.717, 1.165) is 0 Å². The minimum atomic E-state index is -0.608. The monoisotopic (exact) mass is 543 g/mol. The van der Waals surface area contributed by atoms with Crippen LogP contribution >= 0.6 is 23.2 Å². The van der Waals surface area contributed by atoms with Crippen LogP contribution in [0.3, 0.4) is 0 Å². The van der Waals surface area contributed by atoms with Crippen molar-refractivity contribution in [3.63, 3.8) is 0 Å². The van der Waals surface area contributed by atoms with Crippen molar-refractivity contribution >= 4 is 63.1 Å². The van der Waals surface area contributed by atoms with Gasteiger partial charge in [0.15, 0.2) is 5.43 Å². The Kier molecular flexibility index (Phi) is 7.22. The van der Waals surface area contributed by atoms with Crippen molar-refractivity contribution in [2.45, 2.75) is 6.54 Å². The Hall–Kier alpha value is -4.46. The summed E-state index contributed by atoms with van der Waals surface area (Å²) in [6.45, 7) is -0.0270. The van der Waals surface area contributed by atoms with Crippen LogP contribution in [0.5, 0.6) is 5.75 Å². The van der Waals surface area contributed by atoms with Crippen LogP contribution in [0.15, 0.2) is 101 Å². The number of amides is 1. The number of hydrogen-bond acceptors (Lipinski definition) is 5. The molecule has 5 rings (SSSR count). The van der Waals surface area contributed by atoms with Gasteiger partial charge in [-0.2, -0.15) is 5.10 Å². The van der Waals surface area contributed by atoms with E-state index >= 15 is 0 Å². The molecule has 4 aromatic carbocycles. The van der Waals surface area contributed by atoms with E-state index < -0.39 is 5.97 Å². The van der Waals surface area contributed by atoms with Crippen LogP contribution in [-0.4, -0.2) is 22.7 Å². The van der Waals surface area contributed by atoms with Gasteiger partial charge in [0.05, 0.1) is 27.8 Å². The number of carbonyl (C=O) groups is 2. The van der Waals surface area contributed by atoms with E-state index in [-0.39, 0.29) is 28.5 Å². The summed E-state index contributed by atoms with van der Waals surface area (Å²) in [4.78, 5) is 38.0. The smallest absolute Gasteiger partial charge is 0.345 e. The van der Waals surface area contributed by atoms with Gasteiger partial charge in [-0.25, -0.2) is 10.2 Å². The Morgan fingerprint density at radius 1 is 0.868 bits per heavy atom. The fourth-order valence-corrected chi connectivity index (χ4v) is 4.53. The maximum absolute atomic E-state index is 12.9. The summed E-state index contributed by atoms with van der Waals surface area (Å²) in [6.07, 6.45) is 1.47. The van der Waals surface area contributed by atoms with E-state index in [4.69, 9.17) is 27.9 Å². The predicted molar refractivity (Wildman–Crippen MR) is 149 cm³/mol. The van der Waals surface area contributed by atoms with Crippen LogP contribution in [0.2, 0.25) is 10.0 Å². The Bertz CT molecular complexity index is 1720. The number of hydrogen-bond donors (Lipinski definition) is 1. The van der Waals surface area contributed by atoms with Crippen molar-refractivity contribution in [2.24, 2.45) is 5.10 Å². The molecule has 0 aliphatic heterocycles. The normalized spacial score (nSPS) is 11.2. The Morgan fingerprint density at radius 2 is 1.50 bits per heavy atom. The molecular formula is C29H19Cl2N3O4. The van der Waals surface area contributed by atoms with Gasteiger partial charge in [0.25, 0.3) is 5.91 Å². The summed E-state index contributed by atoms with van der Waals surface area (Å²) in [5.74, 6) is -0.646. The standard InChI is InChI=1S/C29H19Cl2N3O4/c30-19-11-14-21(24(31)15-19)29(37)38-20-12-9-18(10-13-20)16-32-33-27(35)17-34-25-7-3-1-5-22(25)28(36)23-6-2-4-8-26(23)34/h1-16H,17H2,(H,33,35)/b32-16-. The average molecular weight is 544 g/mol. The second kappa shape index (κ2) is 10.9. The number of para-hydroxylation sites is 2. The van der Waals surface area contributed by atoms with Crippen molar-refractivity contribution in [3.05, 3.63) is 122 Å². The largest absolute Gasteiger partial charge is 0.423 e. The molecule has 7 nitrogen and oxygen atoms in total. The lowest BCUT2D eigenvalue weighted by atomic mass is 10.1. The van der Waals surface area contributed by atoms with Crippen LogP contribution in [0.1, 0.15) is 15.9 Å². The van der Waals surface area contributed by atoms with E-state index in [1.54, 1.807) is 59.2 Å². The third-order valence-corrected chi connectivity index (χ3v) is 6.37. The van der Waals surface area contributed by atoms with Crippen LogP contribution in [0.25, 0.3) is 21.8 Å². The lowest BCUT2D eigenvalue weighted by Gasteiger charge is -2.14. The number of halogens is 2. The van der Waals surface area contributed by atoms with E-state index in [9.17, 15) is 14.4 Å². The third kappa shape index (κ3) is 5.29. The molecule has 0 fully saturated rings. The molecular weight excluding hydrogens is 525 g/mol. The minimum absolute atomic E-state index is 0.0270. The average Bonchev–Trinajstić information content (AvgIpc) is 2.92. The summed E-state index contributed by atoms with van der Waals surface area (Å²) >= 11 is 11.9. The molecule has 0 bridgehead atoms. The second-order valence-electron chi connectivity index (χ2n) is 8.33. The van der Waals surface area contributed by atoms with Gasteiger partial charge in [0.1, 0.15) is 12.3 Å². The van der Waals surface area contributed by atoms with Crippen LogP contribution in [-0.2, 0) is 11.3 Å². The minimum Gasteiger partial charge on any atom is -0.423 e. The molecule has 38 heavy (non-hydrogen) atoms. The Labute approximate surface area is 226 Å². The van der Waals surface area contributed by atoms with Crippen molar-refractivity contribution in [1.82, 2.24) is 9.99 Å². The molecule has 0 radical (unpaired) electrons. The fraction of sp³-hybridized carbons (Fsp3) is 0.0345. The molecule has 1 heterocycles. The van der Waals surface area contributed by atoms with Gasteiger partial charge in [0, 0.05) is 15.8 Å². The summed E-state index contributed by atoms with van der Waals surface area (Å²) in [6, 6.07) is 25.5. The number of nitrogens with one attached hydrogen (secondary N) is 1. The highest BCUT2D eigenvalue weighted by Gasteiger charge is 2.14. The zero-order valence-electron chi connectivity index (χ0n) is 19.7. The number of rotatable bonds is 6. The summed E-state index contributed by atoms with van der Waals surface area (Å²) < 4.78 is 7.16. The van der Waals surface area contributed by atoms with E-state index in [1.165, 1.54) is 18.3 Å². The first-order valence-corrected chi connectivity index (χ1v) is 12.3. The van der Waals surface area contributed by atoms with Gasteiger partial charge in [-0.1, -0.05) is 47.5 Å². The highest BCUT2D eigenvalue weighted by atomic mass is 35.5. The number of carbonyl (C=O) groups excluding carboxylic acids is 2. The lowest BCUT2D eigenvalue weighted by molar-refractivity contribution is -0.121. The van der Waals surface area contributed by atoms with Gasteiger partial charge in [-0.05, 0) is 72.3 Å². The predicted octanol–water partition coefficient (Wildman–Crippen LogP) is 5.83. The number of aromatic nitrogens is 1. The van der Waals surface area contributed by atoms with Gasteiger partial charge >= 0.3 is 5.97 Å². The SMILES string of the molecule is O=C(Cn1c2ccccc2c(=O)c2ccccc21)N/N=C\c1ccc(OC(=O)c2ccc(Cl)cc2Cl)cc1. The highest BCUT2D eigenvalue weighted by Crippen LogP contribution is 2.23. The molecule has 0 atom stereocenters. The van der Waals surface area contributed by atoms with Crippen molar-refractivity contribution in [2.75, 3.05) is 0 Å². The van der Waals surface area contributed by atoms with Crippen LogP contribution in [0.4, 0.5) is 0 Å².